The van der Waals surface area contributed by atoms with Gasteiger partial charge in [0, 0.05) is 10.8 Å². The number of rotatable bonds is 9. The van der Waals surface area contributed by atoms with Crippen molar-refractivity contribution in [3.63, 3.8) is 0 Å². The molecule has 2 aromatic rings. The molecule has 0 saturated carbocycles. The lowest BCUT2D eigenvalue weighted by molar-refractivity contribution is -0.128. The van der Waals surface area contributed by atoms with Crippen molar-refractivity contribution in [2.24, 2.45) is 5.41 Å². The molecule has 0 radical (unpaired) electrons. The second kappa shape index (κ2) is 9.98. The zero-order chi connectivity index (χ0) is 25.9. The van der Waals surface area contributed by atoms with Crippen LogP contribution in [0.15, 0.2) is 42.5 Å². The van der Waals surface area contributed by atoms with E-state index < -0.39 is 32.2 Å². The van der Waals surface area contributed by atoms with Crippen molar-refractivity contribution < 1.29 is 35.3 Å². The van der Waals surface area contributed by atoms with Crippen LogP contribution in [0.3, 0.4) is 0 Å². The van der Waals surface area contributed by atoms with Crippen LogP contribution in [0.5, 0.6) is 11.5 Å². The highest BCUT2D eigenvalue weighted by atomic mass is 32.2. The molecule has 188 valence electrons. The Morgan fingerprint density at radius 2 is 1.44 bits per heavy atom. The zero-order valence-corrected chi connectivity index (χ0v) is 21.1. The summed E-state index contributed by atoms with van der Waals surface area (Å²) in [5.41, 5.74) is -3.83. The van der Waals surface area contributed by atoms with E-state index in [2.05, 4.69) is 4.18 Å². The summed E-state index contributed by atoms with van der Waals surface area (Å²) in [5.74, 6) is 0.177. The van der Waals surface area contributed by atoms with E-state index in [9.17, 15) is 26.4 Å². The molecular weight excluding hydrogens is 469 g/mol. The monoisotopic (exact) mass is 500 g/mol. The first-order valence-electron chi connectivity index (χ1n) is 11.0. The SMILES string of the molecule is CCC(CC)(c1ccc(OS(=O)(=O)C(F)(F)F)cc1)c1ccc(OCC(=O)C(C)(C)C)c(C)c1. The Kier molecular flexibility index (Phi) is 8.13. The molecule has 5 nitrogen and oxygen atoms in total. The minimum atomic E-state index is -5.73. The second-order valence-electron chi connectivity index (χ2n) is 9.24. The Morgan fingerprint density at radius 3 is 1.88 bits per heavy atom. The molecule has 0 bridgehead atoms. The number of hydrogen-bond donors (Lipinski definition) is 0. The molecule has 0 fully saturated rings. The fourth-order valence-electron chi connectivity index (χ4n) is 3.71. The number of alkyl halides is 3. The van der Waals surface area contributed by atoms with E-state index in [0.29, 0.717) is 18.6 Å². The average molecular weight is 501 g/mol. The summed E-state index contributed by atoms with van der Waals surface area (Å²) < 4.78 is 70.3. The van der Waals surface area contributed by atoms with Gasteiger partial charge in [-0.1, -0.05) is 58.9 Å². The molecule has 34 heavy (non-hydrogen) atoms. The summed E-state index contributed by atoms with van der Waals surface area (Å²) >= 11 is 0. The Bertz CT molecular complexity index is 1110. The fourth-order valence-corrected chi connectivity index (χ4v) is 4.16. The number of hydrogen-bond acceptors (Lipinski definition) is 5. The summed E-state index contributed by atoms with van der Waals surface area (Å²) in [6, 6.07) is 11.3. The summed E-state index contributed by atoms with van der Waals surface area (Å²) in [6.07, 6.45) is 1.37. The van der Waals surface area contributed by atoms with Crippen molar-refractivity contribution >= 4 is 15.9 Å². The number of carbonyl (C=O) groups excluding carboxylic acids is 1. The molecule has 0 amide bonds. The maximum Gasteiger partial charge on any atom is 0.534 e. The number of ketones is 1. The molecule has 0 saturated heterocycles. The number of Topliss-reactive ketones (excluding diaryl/α,β-unsaturated/α-hetero) is 1. The first-order valence-corrected chi connectivity index (χ1v) is 12.4. The van der Waals surface area contributed by atoms with Crippen molar-refractivity contribution in [1.29, 1.82) is 0 Å². The molecule has 0 N–H and O–H groups in total. The van der Waals surface area contributed by atoms with Gasteiger partial charge in [0.25, 0.3) is 0 Å². The maximum absolute atomic E-state index is 12.6. The summed E-state index contributed by atoms with van der Waals surface area (Å²) in [4.78, 5) is 12.2. The predicted molar refractivity (Wildman–Crippen MR) is 125 cm³/mol. The van der Waals surface area contributed by atoms with E-state index in [-0.39, 0.29) is 12.4 Å². The zero-order valence-electron chi connectivity index (χ0n) is 20.2. The van der Waals surface area contributed by atoms with Crippen LogP contribution in [0.2, 0.25) is 0 Å². The van der Waals surface area contributed by atoms with Gasteiger partial charge in [0.2, 0.25) is 0 Å². The van der Waals surface area contributed by atoms with Gasteiger partial charge in [0.05, 0.1) is 0 Å². The first-order chi connectivity index (χ1) is 15.6. The van der Waals surface area contributed by atoms with Crippen molar-refractivity contribution in [2.45, 2.75) is 65.3 Å². The average Bonchev–Trinajstić information content (AvgIpc) is 2.73. The van der Waals surface area contributed by atoms with Crippen molar-refractivity contribution in [3.05, 3.63) is 59.2 Å². The quantitative estimate of drug-likeness (QED) is 0.298. The third-order valence-corrected chi connectivity index (χ3v) is 7.01. The highest BCUT2D eigenvalue weighted by Gasteiger charge is 2.48. The van der Waals surface area contributed by atoms with E-state index in [1.165, 1.54) is 12.1 Å². The molecule has 0 heterocycles. The third-order valence-electron chi connectivity index (χ3n) is 6.03. The largest absolute Gasteiger partial charge is 0.534 e. The van der Waals surface area contributed by atoms with Gasteiger partial charge in [-0.3, -0.25) is 4.79 Å². The van der Waals surface area contributed by atoms with E-state index in [1.807, 2.05) is 59.7 Å². The van der Waals surface area contributed by atoms with Crippen LogP contribution in [0.4, 0.5) is 13.2 Å². The first kappa shape index (κ1) is 27.7. The van der Waals surface area contributed by atoms with Gasteiger partial charge < -0.3 is 8.92 Å². The molecule has 0 aliphatic heterocycles. The van der Waals surface area contributed by atoms with Crippen LogP contribution in [-0.2, 0) is 20.3 Å². The Labute approximate surface area is 199 Å². The summed E-state index contributed by atoms with van der Waals surface area (Å²) in [6.45, 7) is 11.4. The van der Waals surface area contributed by atoms with Crippen LogP contribution in [0, 0.1) is 12.3 Å². The van der Waals surface area contributed by atoms with Gasteiger partial charge in [0.15, 0.2) is 5.78 Å². The minimum absolute atomic E-state index is 0.0118. The topological polar surface area (TPSA) is 69.7 Å². The number of halogens is 3. The fraction of sp³-hybridized carbons (Fsp3) is 0.480. The second-order valence-corrected chi connectivity index (χ2v) is 10.8. The predicted octanol–water partition coefficient (Wildman–Crippen LogP) is 6.32. The van der Waals surface area contributed by atoms with Crippen molar-refractivity contribution in [3.8, 4) is 11.5 Å². The third kappa shape index (κ3) is 5.92. The Morgan fingerprint density at radius 1 is 0.912 bits per heavy atom. The van der Waals surface area contributed by atoms with Crippen molar-refractivity contribution in [2.75, 3.05) is 6.61 Å². The van der Waals surface area contributed by atoms with Crippen LogP contribution in [0.25, 0.3) is 0 Å². The van der Waals surface area contributed by atoms with Crippen LogP contribution in [0.1, 0.15) is 64.2 Å². The van der Waals surface area contributed by atoms with Crippen molar-refractivity contribution in [1.82, 2.24) is 0 Å². The molecule has 2 aromatic carbocycles. The maximum atomic E-state index is 12.6. The number of ether oxygens (including phenoxy) is 1. The minimum Gasteiger partial charge on any atom is -0.486 e. The standard InChI is InChI=1S/C25H31F3O5S/c1-7-24(8-2,18-9-12-20(13-10-18)33-34(30,31)25(26,27)28)19-11-14-21(17(3)15-19)32-16-22(29)23(4,5)6/h9-15H,7-8,16H2,1-6H3. The van der Waals surface area contributed by atoms with Gasteiger partial charge in [-0.25, -0.2) is 0 Å². The van der Waals surface area contributed by atoms with Gasteiger partial charge in [-0.05, 0) is 54.7 Å². The molecular formula is C25H31F3O5S. The molecule has 0 unspecified atom stereocenters. The molecule has 0 aromatic heterocycles. The Hall–Kier alpha value is -2.55. The number of aryl methyl sites for hydroxylation is 1. The van der Waals surface area contributed by atoms with E-state index >= 15 is 0 Å². The molecule has 0 aliphatic carbocycles. The normalized spacial score (nSPS) is 13.0. The van der Waals surface area contributed by atoms with Gasteiger partial charge in [-0.15, -0.1) is 0 Å². The van der Waals surface area contributed by atoms with E-state index in [4.69, 9.17) is 4.74 Å². The lowest BCUT2D eigenvalue weighted by Crippen LogP contribution is -2.28. The lowest BCUT2D eigenvalue weighted by Gasteiger charge is -2.34. The highest BCUT2D eigenvalue weighted by molar-refractivity contribution is 7.88. The van der Waals surface area contributed by atoms with Gasteiger partial charge in [-0.2, -0.15) is 21.6 Å². The van der Waals surface area contributed by atoms with Gasteiger partial charge >= 0.3 is 15.6 Å². The van der Waals surface area contributed by atoms with E-state index in [1.54, 1.807) is 12.1 Å². The highest BCUT2D eigenvalue weighted by Crippen LogP contribution is 2.41. The Balaban J connectivity index is 2.34. The molecule has 9 heteroatoms. The van der Waals surface area contributed by atoms with E-state index in [0.717, 1.165) is 16.7 Å². The smallest absolute Gasteiger partial charge is 0.486 e. The molecule has 0 aliphatic rings. The molecule has 0 spiro atoms. The van der Waals surface area contributed by atoms with Gasteiger partial charge in [0.1, 0.15) is 18.1 Å². The summed E-state index contributed by atoms with van der Waals surface area (Å²) in [5, 5.41) is 0. The van der Waals surface area contributed by atoms with Crippen LogP contribution >= 0.6 is 0 Å². The van der Waals surface area contributed by atoms with Crippen LogP contribution in [-0.4, -0.2) is 26.3 Å². The van der Waals surface area contributed by atoms with Crippen LogP contribution < -0.4 is 8.92 Å². The molecule has 0 atom stereocenters. The number of benzene rings is 2. The lowest BCUT2D eigenvalue weighted by atomic mass is 9.70. The molecule has 2 rings (SSSR count). The summed E-state index contributed by atoms with van der Waals surface area (Å²) in [7, 11) is -5.73. The number of carbonyl (C=O) groups is 1.